The summed E-state index contributed by atoms with van der Waals surface area (Å²) in [7, 11) is 0. The molecular weight excluding hydrogens is 378 g/mol. The molecule has 3 heterocycles. The lowest BCUT2D eigenvalue weighted by atomic mass is 10.2. The molecule has 0 bridgehead atoms. The molecular formula is C20H19N3O4S. The molecule has 0 saturated carbocycles. The smallest absolute Gasteiger partial charge is 0.269 e. The molecule has 28 heavy (non-hydrogen) atoms. The van der Waals surface area contributed by atoms with E-state index >= 15 is 0 Å². The van der Waals surface area contributed by atoms with Gasteiger partial charge in [-0.2, -0.15) is 0 Å². The van der Waals surface area contributed by atoms with Crippen LogP contribution in [0.1, 0.15) is 0 Å². The fourth-order valence-electron chi connectivity index (χ4n) is 3.25. The first kappa shape index (κ1) is 17.3. The zero-order valence-corrected chi connectivity index (χ0v) is 15.9. The van der Waals surface area contributed by atoms with E-state index in [2.05, 4.69) is 10.2 Å². The number of anilines is 2. The van der Waals surface area contributed by atoms with Crippen LogP contribution < -0.4 is 19.7 Å². The van der Waals surface area contributed by atoms with Crippen LogP contribution in [0.4, 0.5) is 10.8 Å². The lowest BCUT2D eigenvalue weighted by Crippen LogP contribution is -2.40. The molecule has 2 aliphatic heterocycles. The van der Waals surface area contributed by atoms with Crippen LogP contribution >= 0.6 is 11.3 Å². The van der Waals surface area contributed by atoms with Gasteiger partial charge < -0.3 is 24.4 Å². The Hall–Kier alpha value is -2.84. The van der Waals surface area contributed by atoms with Gasteiger partial charge in [-0.05, 0) is 30.3 Å². The molecule has 144 valence electrons. The van der Waals surface area contributed by atoms with Crippen LogP contribution in [0.2, 0.25) is 0 Å². The van der Waals surface area contributed by atoms with Gasteiger partial charge in [0.05, 0.1) is 23.4 Å². The van der Waals surface area contributed by atoms with Gasteiger partial charge in [-0.25, -0.2) is 4.98 Å². The number of morpholine rings is 1. The van der Waals surface area contributed by atoms with Crippen molar-refractivity contribution >= 4 is 38.3 Å². The molecule has 1 atom stereocenters. The summed E-state index contributed by atoms with van der Waals surface area (Å²) in [4.78, 5) is 19.6. The van der Waals surface area contributed by atoms with Crippen molar-refractivity contribution in [1.29, 1.82) is 0 Å². The lowest BCUT2D eigenvalue weighted by Gasteiger charge is -2.25. The van der Waals surface area contributed by atoms with Gasteiger partial charge in [0, 0.05) is 18.8 Å². The highest BCUT2D eigenvalue weighted by Crippen LogP contribution is 2.33. The number of carbonyl (C=O) groups excluding carboxylic acids is 1. The van der Waals surface area contributed by atoms with E-state index in [1.165, 1.54) is 0 Å². The van der Waals surface area contributed by atoms with Crippen molar-refractivity contribution in [3.8, 4) is 11.5 Å². The maximum Gasteiger partial charge on any atom is 0.269 e. The second kappa shape index (κ2) is 7.29. The van der Waals surface area contributed by atoms with Crippen LogP contribution in [0.5, 0.6) is 11.5 Å². The maximum absolute atomic E-state index is 12.6. The van der Waals surface area contributed by atoms with E-state index < -0.39 is 6.10 Å². The molecule has 0 spiro atoms. The topological polar surface area (TPSA) is 72.9 Å². The number of rotatable bonds is 3. The molecule has 0 aliphatic carbocycles. The largest absolute Gasteiger partial charge is 0.485 e. The lowest BCUT2D eigenvalue weighted by molar-refractivity contribution is -0.125. The van der Waals surface area contributed by atoms with Gasteiger partial charge in [-0.3, -0.25) is 4.79 Å². The normalized spacial score (nSPS) is 18.9. The Morgan fingerprint density at radius 3 is 2.82 bits per heavy atom. The van der Waals surface area contributed by atoms with Gasteiger partial charge in [0.2, 0.25) is 6.10 Å². The second-order valence-electron chi connectivity index (χ2n) is 6.63. The van der Waals surface area contributed by atoms with E-state index in [9.17, 15) is 4.79 Å². The highest BCUT2D eigenvalue weighted by atomic mass is 32.1. The van der Waals surface area contributed by atoms with Crippen LogP contribution in [0.3, 0.4) is 0 Å². The van der Waals surface area contributed by atoms with E-state index in [-0.39, 0.29) is 12.5 Å². The van der Waals surface area contributed by atoms with Crippen molar-refractivity contribution in [3.05, 3.63) is 42.5 Å². The average Bonchev–Trinajstić information content (AvgIpc) is 3.17. The number of aromatic nitrogens is 1. The third kappa shape index (κ3) is 3.36. The molecule has 0 radical (unpaired) electrons. The van der Waals surface area contributed by atoms with Crippen molar-refractivity contribution in [2.24, 2.45) is 0 Å². The Morgan fingerprint density at radius 1 is 1.14 bits per heavy atom. The minimum Gasteiger partial charge on any atom is -0.485 e. The molecule has 7 nitrogen and oxygen atoms in total. The molecule has 5 rings (SSSR count). The predicted molar refractivity (Wildman–Crippen MR) is 108 cm³/mol. The zero-order valence-electron chi connectivity index (χ0n) is 15.1. The van der Waals surface area contributed by atoms with Gasteiger partial charge >= 0.3 is 0 Å². The third-order valence-corrected chi connectivity index (χ3v) is 5.81. The van der Waals surface area contributed by atoms with E-state index in [1.807, 2.05) is 36.4 Å². The Balaban J connectivity index is 1.30. The van der Waals surface area contributed by atoms with E-state index in [0.29, 0.717) is 11.5 Å². The van der Waals surface area contributed by atoms with Gasteiger partial charge in [0.25, 0.3) is 5.91 Å². The number of nitrogens with zero attached hydrogens (tertiary/aromatic N) is 2. The van der Waals surface area contributed by atoms with Crippen molar-refractivity contribution in [1.82, 2.24) is 4.98 Å². The molecule has 1 N–H and O–H groups in total. The monoisotopic (exact) mass is 397 g/mol. The molecule has 1 aromatic heterocycles. The minimum absolute atomic E-state index is 0.187. The maximum atomic E-state index is 12.6. The summed E-state index contributed by atoms with van der Waals surface area (Å²) in [6, 6.07) is 13.1. The Morgan fingerprint density at radius 2 is 1.96 bits per heavy atom. The van der Waals surface area contributed by atoms with Crippen molar-refractivity contribution in [2.45, 2.75) is 6.10 Å². The SMILES string of the molecule is O=C(Nc1ccc2nc(N3CCOCC3)sc2c1)C1COc2ccccc2O1. The fourth-order valence-corrected chi connectivity index (χ4v) is 4.31. The highest BCUT2D eigenvalue weighted by molar-refractivity contribution is 7.22. The van der Waals surface area contributed by atoms with E-state index in [4.69, 9.17) is 19.2 Å². The molecule has 3 aromatic rings. The van der Waals surface area contributed by atoms with Crippen molar-refractivity contribution in [2.75, 3.05) is 43.1 Å². The summed E-state index contributed by atoms with van der Waals surface area (Å²) in [6.45, 7) is 3.34. The number of fused-ring (bicyclic) bond motifs is 2. The molecule has 2 aliphatic rings. The molecule has 1 amide bonds. The molecule has 1 unspecified atom stereocenters. The summed E-state index contributed by atoms with van der Waals surface area (Å²) >= 11 is 1.62. The van der Waals surface area contributed by atoms with E-state index in [0.717, 1.165) is 47.3 Å². The zero-order chi connectivity index (χ0) is 18.9. The van der Waals surface area contributed by atoms with Crippen molar-refractivity contribution in [3.63, 3.8) is 0 Å². The first-order valence-electron chi connectivity index (χ1n) is 9.19. The van der Waals surface area contributed by atoms with Crippen LogP contribution in [-0.4, -0.2) is 49.9 Å². The van der Waals surface area contributed by atoms with Crippen LogP contribution in [-0.2, 0) is 9.53 Å². The standard InChI is InChI=1S/C20H19N3O4S/c24-19(17-12-26-15-3-1-2-4-16(15)27-17)21-13-5-6-14-18(11-13)28-20(22-14)23-7-9-25-10-8-23/h1-6,11,17H,7-10,12H2,(H,21,24). The first-order chi connectivity index (χ1) is 13.8. The number of carbonyl (C=O) groups is 1. The number of nitrogens with one attached hydrogen (secondary N) is 1. The van der Waals surface area contributed by atoms with Gasteiger partial charge in [-0.1, -0.05) is 23.5 Å². The summed E-state index contributed by atoms with van der Waals surface area (Å²) < 4.78 is 17.8. The summed E-state index contributed by atoms with van der Waals surface area (Å²) in [5.74, 6) is 1.02. The van der Waals surface area contributed by atoms with Gasteiger partial charge in [0.15, 0.2) is 16.6 Å². The number of thiazole rings is 1. The van der Waals surface area contributed by atoms with Crippen LogP contribution in [0.15, 0.2) is 42.5 Å². The number of hydrogen-bond donors (Lipinski definition) is 1. The fraction of sp³-hybridized carbons (Fsp3) is 0.300. The molecule has 1 saturated heterocycles. The Bertz CT molecular complexity index is 1020. The van der Waals surface area contributed by atoms with Crippen LogP contribution in [0, 0.1) is 0 Å². The van der Waals surface area contributed by atoms with Crippen molar-refractivity contribution < 1.29 is 19.0 Å². The average molecular weight is 397 g/mol. The second-order valence-corrected chi connectivity index (χ2v) is 7.64. The first-order valence-corrected chi connectivity index (χ1v) is 10.0. The number of hydrogen-bond acceptors (Lipinski definition) is 7. The summed E-state index contributed by atoms with van der Waals surface area (Å²) in [5, 5.41) is 3.91. The number of amides is 1. The number of para-hydroxylation sites is 2. The quantitative estimate of drug-likeness (QED) is 0.733. The molecule has 8 heteroatoms. The Kier molecular flexibility index (Phi) is 4.50. The summed E-state index contributed by atoms with van der Waals surface area (Å²) in [6.07, 6.45) is -0.684. The molecule has 2 aromatic carbocycles. The Labute approximate surface area is 165 Å². The minimum atomic E-state index is -0.684. The van der Waals surface area contributed by atoms with E-state index in [1.54, 1.807) is 17.4 Å². The number of ether oxygens (including phenoxy) is 3. The highest BCUT2D eigenvalue weighted by Gasteiger charge is 2.27. The molecule has 1 fully saturated rings. The van der Waals surface area contributed by atoms with Gasteiger partial charge in [-0.15, -0.1) is 0 Å². The van der Waals surface area contributed by atoms with Gasteiger partial charge in [0.1, 0.15) is 6.61 Å². The number of benzene rings is 2. The predicted octanol–water partition coefficient (Wildman–Crippen LogP) is 2.91. The van der Waals surface area contributed by atoms with Crippen LogP contribution in [0.25, 0.3) is 10.2 Å². The third-order valence-electron chi connectivity index (χ3n) is 4.73. The summed E-state index contributed by atoms with van der Waals surface area (Å²) in [5.41, 5.74) is 1.65.